The van der Waals surface area contributed by atoms with Crippen LogP contribution in [0.4, 0.5) is 9.18 Å². The van der Waals surface area contributed by atoms with Crippen molar-refractivity contribution in [2.45, 2.75) is 39.0 Å². The lowest BCUT2D eigenvalue weighted by atomic mass is 9.98. The van der Waals surface area contributed by atoms with E-state index in [9.17, 15) is 23.9 Å². The van der Waals surface area contributed by atoms with Crippen LogP contribution in [0.1, 0.15) is 25.0 Å². The first-order chi connectivity index (χ1) is 17.1. The van der Waals surface area contributed by atoms with Crippen molar-refractivity contribution in [2.24, 2.45) is 5.92 Å². The Hall–Kier alpha value is -3.66. The van der Waals surface area contributed by atoms with Crippen LogP contribution in [0.15, 0.2) is 48.5 Å². The highest BCUT2D eigenvalue weighted by Gasteiger charge is 2.50. The number of halogens is 1. The molecule has 2 aliphatic rings. The number of nitrogens with zero attached hydrogens (tertiary/aromatic N) is 4. The summed E-state index contributed by atoms with van der Waals surface area (Å²) in [6, 6.07) is 11.2. The molecule has 0 unspecified atom stereocenters. The summed E-state index contributed by atoms with van der Waals surface area (Å²) in [4.78, 5) is 43.4. The Kier molecular flexibility index (Phi) is 7.44. The highest BCUT2D eigenvalue weighted by molar-refractivity contribution is 5.91. The summed E-state index contributed by atoms with van der Waals surface area (Å²) in [5, 5.41) is 15.6. The second kappa shape index (κ2) is 10.5. The van der Waals surface area contributed by atoms with Gasteiger partial charge >= 0.3 is 6.03 Å². The van der Waals surface area contributed by atoms with Crippen molar-refractivity contribution in [3.05, 3.63) is 65.5 Å². The first kappa shape index (κ1) is 25.4. The van der Waals surface area contributed by atoms with E-state index >= 15 is 0 Å². The van der Waals surface area contributed by atoms with E-state index in [4.69, 9.17) is 0 Å². The Bertz CT molecular complexity index is 1110. The van der Waals surface area contributed by atoms with E-state index in [1.54, 1.807) is 53.4 Å². The number of hydrazine groups is 1. The lowest BCUT2D eigenvalue weighted by Crippen LogP contribution is -2.76. The number of rotatable bonds is 6. The van der Waals surface area contributed by atoms with E-state index in [1.807, 2.05) is 13.8 Å². The van der Waals surface area contributed by atoms with E-state index in [0.29, 0.717) is 6.54 Å². The van der Waals surface area contributed by atoms with Crippen LogP contribution in [0.3, 0.4) is 0 Å². The summed E-state index contributed by atoms with van der Waals surface area (Å²) in [5.74, 6) is -0.420. The van der Waals surface area contributed by atoms with Gasteiger partial charge in [0.1, 0.15) is 23.8 Å². The van der Waals surface area contributed by atoms with Gasteiger partial charge in [0.25, 0.3) is 0 Å². The van der Waals surface area contributed by atoms with E-state index < -0.39 is 18.2 Å². The maximum Gasteiger partial charge on any atom is 0.334 e. The molecule has 9 nitrogen and oxygen atoms in total. The number of amides is 4. The van der Waals surface area contributed by atoms with Crippen LogP contribution in [0.5, 0.6) is 5.75 Å². The SMILES string of the molecule is CC(C)CN1C[C@H]2N(C(=O)CN(C)N2C(=O)NCc2ccc(F)cc2)[C@@H](Cc2ccc(O)cc2)C1=O. The molecule has 2 fully saturated rings. The van der Waals surface area contributed by atoms with Crippen LogP contribution in [0.25, 0.3) is 0 Å². The summed E-state index contributed by atoms with van der Waals surface area (Å²) in [5.41, 5.74) is 1.54. The molecule has 10 heteroatoms. The van der Waals surface area contributed by atoms with Crippen molar-refractivity contribution in [3.8, 4) is 5.75 Å². The minimum atomic E-state index is -0.777. The quantitative estimate of drug-likeness (QED) is 0.638. The Morgan fingerprint density at radius 2 is 1.72 bits per heavy atom. The van der Waals surface area contributed by atoms with Gasteiger partial charge in [0.05, 0.1) is 13.1 Å². The first-order valence-corrected chi connectivity index (χ1v) is 12.0. The zero-order chi connectivity index (χ0) is 26.0. The van der Waals surface area contributed by atoms with Gasteiger partial charge in [-0.15, -0.1) is 0 Å². The number of phenolic OH excluding ortho intramolecular Hbond substituents is 1. The number of aromatic hydroxyl groups is 1. The molecular weight excluding hydrogens is 465 g/mol. The first-order valence-electron chi connectivity index (χ1n) is 12.0. The van der Waals surface area contributed by atoms with E-state index in [1.165, 1.54) is 22.0 Å². The van der Waals surface area contributed by atoms with Gasteiger partial charge in [-0.1, -0.05) is 38.1 Å². The molecule has 2 aromatic rings. The van der Waals surface area contributed by atoms with E-state index in [2.05, 4.69) is 5.32 Å². The molecule has 2 heterocycles. The predicted molar refractivity (Wildman–Crippen MR) is 131 cm³/mol. The third-order valence-electron chi connectivity index (χ3n) is 6.46. The van der Waals surface area contributed by atoms with Crippen LogP contribution in [0.2, 0.25) is 0 Å². The molecule has 4 amide bonds. The molecule has 2 aromatic carbocycles. The molecule has 36 heavy (non-hydrogen) atoms. The minimum absolute atomic E-state index is 0.0516. The Morgan fingerprint density at radius 3 is 2.36 bits per heavy atom. The van der Waals surface area contributed by atoms with E-state index in [0.717, 1.165) is 11.1 Å². The number of nitrogens with one attached hydrogen (secondary N) is 1. The maximum absolute atomic E-state index is 13.5. The fourth-order valence-corrected chi connectivity index (χ4v) is 4.83. The molecule has 0 saturated carbocycles. The van der Waals surface area contributed by atoms with Crippen molar-refractivity contribution >= 4 is 17.8 Å². The second-order valence-corrected chi connectivity index (χ2v) is 9.75. The van der Waals surface area contributed by atoms with Gasteiger partial charge in [0.2, 0.25) is 11.8 Å². The molecule has 0 aliphatic carbocycles. The van der Waals surface area contributed by atoms with Crippen LogP contribution in [0, 0.1) is 11.7 Å². The van der Waals surface area contributed by atoms with Gasteiger partial charge in [0.15, 0.2) is 0 Å². The van der Waals surface area contributed by atoms with Crippen LogP contribution >= 0.6 is 0 Å². The number of carbonyl (C=O) groups excluding carboxylic acids is 3. The molecule has 0 bridgehead atoms. The number of carbonyl (C=O) groups is 3. The number of fused-ring (bicyclic) bond motifs is 1. The zero-order valence-corrected chi connectivity index (χ0v) is 20.7. The fraction of sp³-hybridized carbons (Fsp3) is 0.423. The Balaban J connectivity index is 1.61. The van der Waals surface area contributed by atoms with Crippen molar-refractivity contribution in [2.75, 3.05) is 26.7 Å². The van der Waals surface area contributed by atoms with E-state index in [-0.39, 0.29) is 55.4 Å². The molecule has 2 saturated heterocycles. The largest absolute Gasteiger partial charge is 0.508 e. The normalized spacial score (nSPS) is 20.6. The maximum atomic E-state index is 13.5. The minimum Gasteiger partial charge on any atom is -0.508 e. The lowest BCUT2D eigenvalue weighted by Gasteiger charge is -2.54. The van der Waals surface area contributed by atoms with Crippen molar-refractivity contribution in [3.63, 3.8) is 0 Å². The van der Waals surface area contributed by atoms with Gasteiger partial charge in [-0.25, -0.2) is 19.2 Å². The lowest BCUT2D eigenvalue weighted by molar-refractivity contribution is -0.187. The number of likely N-dealkylation sites (N-methyl/N-ethyl adjacent to an activating group) is 1. The summed E-state index contributed by atoms with van der Waals surface area (Å²) in [6.07, 6.45) is -0.409. The highest BCUT2D eigenvalue weighted by Crippen LogP contribution is 2.28. The standard InChI is InChI=1S/C26H32FN5O4/c1-17(2)14-30-15-23-31(22(25(30)35)12-18-6-10-21(33)11-7-18)24(34)16-29(3)32(23)26(36)28-13-19-4-8-20(27)9-5-19/h4-11,17,22-23,33H,12-16H2,1-3H3,(H,28,36)/t22-,23-/m0/s1. The fourth-order valence-electron chi connectivity index (χ4n) is 4.83. The van der Waals surface area contributed by atoms with Crippen molar-refractivity contribution in [1.82, 2.24) is 25.1 Å². The molecule has 0 radical (unpaired) electrons. The summed E-state index contributed by atoms with van der Waals surface area (Å²) in [6.45, 7) is 4.86. The highest BCUT2D eigenvalue weighted by atomic mass is 19.1. The van der Waals surface area contributed by atoms with Crippen LogP contribution < -0.4 is 5.32 Å². The van der Waals surface area contributed by atoms with Gasteiger partial charge < -0.3 is 20.2 Å². The number of benzene rings is 2. The molecule has 192 valence electrons. The average molecular weight is 498 g/mol. The molecule has 2 atom stereocenters. The average Bonchev–Trinajstić information content (AvgIpc) is 2.82. The zero-order valence-electron chi connectivity index (χ0n) is 20.7. The molecule has 4 rings (SSSR count). The van der Waals surface area contributed by atoms with Crippen LogP contribution in [-0.2, 0) is 22.6 Å². The number of phenols is 1. The molecular formula is C26H32FN5O4. The van der Waals surface area contributed by atoms with Gasteiger partial charge in [0, 0.05) is 26.6 Å². The Morgan fingerprint density at radius 1 is 1.08 bits per heavy atom. The molecule has 0 spiro atoms. The Labute approximate surface area is 210 Å². The number of piperazine rings is 1. The van der Waals surface area contributed by atoms with Gasteiger partial charge in [-0.3, -0.25) is 9.59 Å². The third kappa shape index (κ3) is 5.43. The topological polar surface area (TPSA) is 96.4 Å². The predicted octanol–water partition coefficient (Wildman–Crippen LogP) is 2.17. The summed E-state index contributed by atoms with van der Waals surface area (Å²) >= 11 is 0. The summed E-state index contributed by atoms with van der Waals surface area (Å²) in [7, 11) is 1.67. The third-order valence-corrected chi connectivity index (χ3v) is 6.46. The second-order valence-electron chi connectivity index (χ2n) is 9.75. The van der Waals surface area contributed by atoms with Gasteiger partial charge in [-0.05, 0) is 41.3 Å². The molecule has 2 aliphatic heterocycles. The molecule has 2 N–H and O–H groups in total. The van der Waals surface area contributed by atoms with Crippen LogP contribution in [-0.4, -0.2) is 81.7 Å². The summed E-state index contributed by atoms with van der Waals surface area (Å²) < 4.78 is 13.2. The molecule has 0 aromatic heterocycles. The monoisotopic (exact) mass is 497 g/mol. The number of hydrogen-bond acceptors (Lipinski definition) is 5. The number of hydrogen-bond donors (Lipinski definition) is 2. The van der Waals surface area contributed by atoms with Crippen molar-refractivity contribution in [1.29, 1.82) is 0 Å². The smallest absolute Gasteiger partial charge is 0.334 e. The van der Waals surface area contributed by atoms with Gasteiger partial charge in [-0.2, -0.15) is 0 Å². The van der Waals surface area contributed by atoms with Crippen molar-refractivity contribution < 1.29 is 23.9 Å². The number of urea groups is 1.